The number of carbonyl (C=O) groups is 1. The van der Waals surface area contributed by atoms with Crippen molar-refractivity contribution in [1.29, 1.82) is 0 Å². The van der Waals surface area contributed by atoms with Crippen LogP contribution in [0.25, 0.3) is 10.9 Å². The van der Waals surface area contributed by atoms with Crippen LogP contribution in [-0.2, 0) is 16.0 Å². The lowest BCUT2D eigenvalue weighted by atomic mass is 10.1. The molecule has 0 aliphatic rings. The van der Waals surface area contributed by atoms with Crippen molar-refractivity contribution in [3.63, 3.8) is 0 Å². The van der Waals surface area contributed by atoms with Gasteiger partial charge >= 0.3 is 0 Å². The van der Waals surface area contributed by atoms with Crippen LogP contribution >= 0.6 is 0 Å². The first-order valence-electron chi connectivity index (χ1n) is 7.84. The summed E-state index contributed by atoms with van der Waals surface area (Å²) in [7, 11) is 0. The number of amides is 1. The summed E-state index contributed by atoms with van der Waals surface area (Å²) >= 11 is 0. The second kappa shape index (κ2) is 8.49. The van der Waals surface area contributed by atoms with Gasteiger partial charge in [-0.25, -0.2) is 0 Å². The molecule has 0 unspecified atom stereocenters. The Hall–Kier alpha value is -1.94. The van der Waals surface area contributed by atoms with E-state index in [0.29, 0.717) is 25.5 Å². The summed E-state index contributed by atoms with van der Waals surface area (Å²) in [6.07, 6.45) is 2.96. The Morgan fingerprint density at radius 3 is 2.91 bits per heavy atom. The van der Waals surface area contributed by atoms with Gasteiger partial charge in [0.15, 0.2) is 0 Å². The number of nitrogens with one attached hydrogen (secondary N) is 1. The molecule has 0 aliphatic carbocycles. The van der Waals surface area contributed by atoms with Gasteiger partial charge in [0.1, 0.15) is 0 Å². The topological polar surface area (TPSA) is 51.2 Å². The van der Waals surface area contributed by atoms with E-state index in [2.05, 4.69) is 24.1 Å². The van der Waals surface area contributed by atoms with E-state index < -0.39 is 0 Å². The van der Waals surface area contributed by atoms with E-state index in [4.69, 9.17) is 4.74 Å². The molecule has 22 heavy (non-hydrogen) atoms. The van der Waals surface area contributed by atoms with E-state index >= 15 is 0 Å². The number of fused-ring (bicyclic) bond motifs is 1. The maximum Gasteiger partial charge on any atom is 0.224 e. The Morgan fingerprint density at radius 2 is 2.09 bits per heavy atom. The largest absolute Gasteiger partial charge is 0.381 e. The molecule has 1 aromatic carbocycles. The zero-order chi connectivity index (χ0) is 15.8. The van der Waals surface area contributed by atoms with Crippen LogP contribution in [0.1, 0.15) is 25.8 Å². The van der Waals surface area contributed by atoms with Gasteiger partial charge in [-0.05, 0) is 24.0 Å². The summed E-state index contributed by atoms with van der Waals surface area (Å²) < 4.78 is 5.49. The third-order valence-corrected chi connectivity index (χ3v) is 3.31. The highest BCUT2D eigenvalue weighted by Gasteiger charge is 2.07. The molecule has 1 heterocycles. The van der Waals surface area contributed by atoms with Gasteiger partial charge < -0.3 is 10.1 Å². The van der Waals surface area contributed by atoms with Gasteiger partial charge in [0.25, 0.3) is 0 Å². The fourth-order valence-corrected chi connectivity index (χ4v) is 2.27. The smallest absolute Gasteiger partial charge is 0.224 e. The predicted octanol–water partition coefficient (Wildman–Crippen LogP) is 2.96. The van der Waals surface area contributed by atoms with Gasteiger partial charge in [0, 0.05) is 31.3 Å². The number of rotatable bonds is 8. The lowest BCUT2D eigenvalue weighted by Crippen LogP contribution is -2.27. The molecule has 2 rings (SSSR count). The zero-order valence-electron chi connectivity index (χ0n) is 13.3. The molecule has 0 radical (unpaired) electrons. The Balaban J connectivity index is 1.77. The average Bonchev–Trinajstić information content (AvgIpc) is 2.51. The quantitative estimate of drug-likeness (QED) is 0.763. The van der Waals surface area contributed by atoms with Gasteiger partial charge in [-0.1, -0.05) is 38.1 Å². The zero-order valence-corrected chi connectivity index (χ0v) is 13.3. The number of pyridine rings is 1. The first kappa shape index (κ1) is 16.4. The Bertz CT molecular complexity index is 606. The number of ether oxygens (including phenoxy) is 1. The lowest BCUT2D eigenvalue weighted by molar-refractivity contribution is -0.120. The number of hydrogen-bond acceptors (Lipinski definition) is 3. The minimum atomic E-state index is 0.0296. The minimum absolute atomic E-state index is 0.0296. The highest BCUT2D eigenvalue weighted by molar-refractivity contribution is 5.87. The Morgan fingerprint density at radius 1 is 1.27 bits per heavy atom. The molecule has 0 atom stereocenters. The highest BCUT2D eigenvalue weighted by Crippen LogP contribution is 2.16. The van der Waals surface area contributed by atoms with E-state index in [1.54, 1.807) is 6.20 Å². The summed E-state index contributed by atoms with van der Waals surface area (Å²) in [4.78, 5) is 16.4. The van der Waals surface area contributed by atoms with Crippen LogP contribution in [0.15, 0.2) is 36.5 Å². The molecule has 1 N–H and O–H groups in total. The molecular weight excluding hydrogens is 276 g/mol. The monoisotopic (exact) mass is 300 g/mol. The second-order valence-corrected chi connectivity index (χ2v) is 5.84. The summed E-state index contributed by atoms with van der Waals surface area (Å²) in [6.45, 7) is 6.36. The molecule has 0 bridgehead atoms. The summed E-state index contributed by atoms with van der Waals surface area (Å²) in [6, 6.07) is 9.85. The van der Waals surface area contributed by atoms with Crippen molar-refractivity contribution in [2.75, 3.05) is 19.8 Å². The molecule has 0 aliphatic heterocycles. The fourth-order valence-electron chi connectivity index (χ4n) is 2.27. The Kier molecular flexibility index (Phi) is 6.34. The molecule has 1 aromatic heterocycles. The average molecular weight is 300 g/mol. The van der Waals surface area contributed by atoms with Crippen LogP contribution < -0.4 is 5.32 Å². The standard InChI is InChI=1S/C18H24N2O2/c1-14(2)13-22-11-5-10-19-17(21)12-16-7-3-6-15-8-4-9-20-18(15)16/h3-4,6-9,14H,5,10-13H2,1-2H3,(H,19,21). The number of benzene rings is 1. The summed E-state index contributed by atoms with van der Waals surface area (Å²) in [5, 5.41) is 4.00. The molecule has 4 nitrogen and oxygen atoms in total. The van der Waals surface area contributed by atoms with Crippen LogP contribution in [0, 0.1) is 5.92 Å². The van der Waals surface area contributed by atoms with Crippen LogP contribution in [0.5, 0.6) is 0 Å². The summed E-state index contributed by atoms with van der Waals surface area (Å²) in [5.41, 5.74) is 1.87. The predicted molar refractivity (Wildman–Crippen MR) is 88.7 cm³/mol. The number of nitrogens with zero attached hydrogens (tertiary/aromatic N) is 1. The lowest BCUT2D eigenvalue weighted by Gasteiger charge is -2.08. The van der Waals surface area contributed by atoms with Crippen molar-refractivity contribution in [1.82, 2.24) is 10.3 Å². The van der Waals surface area contributed by atoms with Crippen molar-refractivity contribution >= 4 is 16.8 Å². The highest BCUT2D eigenvalue weighted by atomic mass is 16.5. The van der Waals surface area contributed by atoms with Gasteiger partial charge in [-0.2, -0.15) is 0 Å². The Labute approximate surface area is 131 Å². The van der Waals surface area contributed by atoms with E-state index in [1.807, 2.05) is 30.3 Å². The van der Waals surface area contributed by atoms with E-state index in [1.165, 1.54) is 0 Å². The first-order valence-corrected chi connectivity index (χ1v) is 7.84. The first-order chi connectivity index (χ1) is 10.7. The van der Waals surface area contributed by atoms with Crippen LogP contribution in [0.3, 0.4) is 0 Å². The van der Waals surface area contributed by atoms with Crippen LogP contribution in [-0.4, -0.2) is 30.6 Å². The normalized spacial score (nSPS) is 11.0. The molecular formula is C18H24N2O2. The second-order valence-electron chi connectivity index (χ2n) is 5.84. The molecule has 0 fully saturated rings. The van der Waals surface area contributed by atoms with Crippen LogP contribution in [0.2, 0.25) is 0 Å². The van der Waals surface area contributed by atoms with Gasteiger partial charge in [-0.3, -0.25) is 9.78 Å². The van der Waals surface area contributed by atoms with Crippen molar-refractivity contribution in [3.8, 4) is 0 Å². The van der Waals surface area contributed by atoms with Crippen LogP contribution in [0.4, 0.5) is 0 Å². The molecule has 118 valence electrons. The van der Waals surface area contributed by atoms with E-state index in [9.17, 15) is 4.79 Å². The fraction of sp³-hybridized carbons (Fsp3) is 0.444. The summed E-state index contributed by atoms with van der Waals surface area (Å²) in [5.74, 6) is 0.579. The molecule has 0 spiro atoms. The number of carbonyl (C=O) groups excluding carboxylic acids is 1. The number of aromatic nitrogens is 1. The van der Waals surface area contributed by atoms with Gasteiger partial charge in [-0.15, -0.1) is 0 Å². The molecule has 1 amide bonds. The van der Waals surface area contributed by atoms with Crippen molar-refractivity contribution < 1.29 is 9.53 Å². The van der Waals surface area contributed by atoms with E-state index in [0.717, 1.165) is 29.5 Å². The number of para-hydroxylation sites is 1. The van der Waals surface area contributed by atoms with Crippen molar-refractivity contribution in [3.05, 3.63) is 42.1 Å². The molecule has 2 aromatic rings. The maximum atomic E-state index is 12.0. The number of hydrogen-bond donors (Lipinski definition) is 1. The SMILES string of the molecule is CC(C)COCCCNC(=O)Cc1cccc2cccnc12. The van der Waals surface area contributed by atoms with Gasteiger partial charge in [0.05, 0.1) is 11.9 Å². The van der Waals surface area contributed by atoms with E-state index in [-0.39, 0.29) is 5.91 Å². The molecule has 0 saturated heterocycles. The third-order valence-electron chi connectivity index (χ3n) is 3.31. The minimum Gasteiger partial charge on any atom is -0.381 e. The third kappa shape index (κ3) is 5.11. The molecule has 0 saturated carbocycles. The maximum absolute atomic E-state index is 12.0. The van der Waals surface area contributed by atoms with Gasteiger partial charge in [0.2, 0.25) is 5.91 Å². The van der Waals surface area contributed by atoms with Crippen molar-refractivity contribution in [2.24, 2.45) is 5.92 Å². The van der Waals surface area contributed by atoms with Crippen molar-refractivity contribution in [2.45, 2.75) is 26.7 Å². The molecule has 4 heteroatoms.